The zero-order valence-corrected chi connectivity index (χ0v) is 34.8. The third-order valence-electron chi connectivity index (χ3n) is 12.3. The highest BCUT2D eigenvalue weighted by Gasteiger charge is 2.20. The van der Waals surface area contributed by atoms with E-state index in [2.05, 4.69) is 266 Å². The van der Waals surface area contributed by atoms with E-state index in [0.29, 0.717) is 0 Å². The molecule has 0 aliphatic rings. The average molecular weight is 802 g/mol. The van der Waals surface area contributed by atoms with Gasteiger partial charge >= 0.3 is 0 Å². The van der Waals surface area contributed by atoms with Crippen LogP contribution in [0.15, 0.2) is 261 Å². The molecule has 63 heavy (non-hydrogen) atoms. The van der Waals surface area contributed by atoms with Crippen LogP contribution in [0.25, 0.3) is 88.3 Å². The van der Waals surface area contributed by atoms with Crippen molar-refractivity contribution in [2.24, 2.45) is 0 Å². The number of benzene rings is 11. The molecule has 0 saturated carbocycles. The lowest BCUT2D eigenvalue weighted by Gasteiger charge is -2.29. The van der Waals surface area contributed by atoms with Gasteiger partial charge in [-0.1, -0.05) is 218 Å². The van der Waals surface area contributed by atoms with E-state index in [9.17, 15) is 0 Å². The largest absolute Gasteiger partial charge is 0.310 e. The van der Waals surface area contributed by atoms with Crippen molar-refractivity contribution < 1.29 is 0 Å². The highest BCUT2D eigenvalue weighted by molar-refractivity contribution is 6.00. The zero-order chi connectivity index (χ0) is 42.0. The van der Waals surface area contributed by atoms with E-state index in [4.69, 9.17) is 0 Å². The van der Waals surface area contributed by atoms with Crippen LogP contribution in [0.1, 0.15) is 0 Å². The molecule has 0 atom stereocenters. The van der Waals surface area contributed by atoms with Crippen LogP contribution in [0.2, 0.25) is 0 Å². The summed E-state index contributed by atoms with van der Waals surface area (Å²) < 4.78 is 0. The number of rotatable bonds is 9. The summed E-state index contributed by atoms with van der Waals surface area (Å²) in [6.07, 6.45) is 0. The quantitative estimate of drug-likeness (QED) is 0.141. The molecule has 0 unspecified atom stereocenters. The van der Waals surface area contributed by atoms with Crippen molar-refractivity contribution in [3.8, 4) is 66.8 Å². The maximum atomic E-state index is 2.43. The second-order valence-corrected chi connectivity index (χ2v) is 16.1. The summed E-state index contributed by atoms with van der Waals surface area (Å²) in [4.78, 5) is 2.43. The number of nitrogens with zero attached hydrogens (tertiary/aromatic N) is 1. The Hall–Kier alpha value is -8.26. The minimum Gasteiger partial charge on any atom is -0.310 e. The lowest BCUT2D eigenvalue weighted by molar-refractivity contribution is 1.28. The number of hydrogen-bond acceptors (Lipinski definition) is 1. The van der Waals surface area contributed by atoms with Crippen molar-refractivity contribution in [3.63, 3.8) is 0 Å². The molecule has 0 N–H and O–H groups in total. The predicted octanol–water partition coefficient (Wildman–Crippen LogP) is 17.5. The second-order valence-electron chi connectivity index (χ2n) is 16.1. The van der Waals surface area contributed by atoms with Crippen LogP contribution < -0.4 is 4.90 Å². The topological polar surface area (TPSA) is 3.24 Å². The molecule has 0 aliphatic heterocycles. The smallest absolute Gasteiger partial charge is 0.0546 e. The molecule has 11 rings (SSSR count). The Bertz CT molecular complexity index is 3360. The molecule has 11 aromatic rings. The van der Waals surface area contributed by atoms with Crippen molar-refractivity contribution in [2.75, 3.05) is 4.90 Å². The van der Waals surface area contributed by atoms with Gasteiger partial charge in [0.1, 0.15) is 0 Å². The fraction of sp³-hybridized carbons (Fsp3) is 0. The maximum Gasteiger partial charge on any atom is 0.0546 e. The molecule has 0 bridgehead atoms. The molecule has 1 heteroatoms. The highest BCUT2D eigenvalue weighted by Crippen LogP contribution is 2.45. The molecule has 0 spiro atoms. The Kier molecular flexibility index (Phi) is 9.97. The van der Waals surface area contributed by atoms with Crippen LogP contribution in [0.4, 0.5) is 17.1 Å². The molecular weight excluding hydrogens is 759 g/mol. The summed E-state index contributed by atoms with van der Waals surface area (Å²) in [7, 11) is 0. The normalized spacial score (nSPS) is 11.2. The highest BCUT2D eigenvalue weighted by atomic mass is 15.1. The Labute approximate surface area is 369 Å². The van der Waals surface area contributed by atoms with Gasteiger partial charge in [0.25, 0.3) is 0 Å². The van der Waals surface area contributed by atoms with E-state index in [1.165, 1.54) is 77.2 Å². The molecule has 0 saturated heterocycles. The first-order valence-corrected chi connectivity index (χ1v) is 21.7. The SMILES string of the molecule is c1ccc(-c2cccc(-c3ccc(N(c4ccc(-c5cccc(-c6cccc7ccccc67)c5)cc4)c4cc(-c5cccc6ccccc56)ccc4-c4ccccc4)cc3)c2)cc1. The van der Waals surface area contributed by atoms with Crippen molar-refractivity contribution >= 4 is 38.6 Å². The minimum absolute atomic E-state index is 1.08. The lowest BCUT2D eigenvalue weighted by Crippen LogP contribution is -2.11. The van der Waals surface area contributed by atoms with E-state index >= 15 is 0 Å². The third-order valence-corrected chi connectivity index (χ3v) is 12.3. The van der Waals surface area contributed by atoms with Gasteiger partial charge in [0, 0.05) is 16.9 Å². The summed E-state index contributed by atoms with van der Waals surface area (Å²) in [5, 5.41) is 4.98. The summed E-state index contributed by atoms with van der Waals surface area (Å²) in [5.41, 5.74) is 17.6. The van der Waals surface area contributed by atoms with Crippen molar-refractivity contribution in [1.29, 1.82) is 0 Å². The van der Waals surface area contributed by atoms with E-state index in [1.54, 1.807) is 0 Å². The fourth-order valence-electron chi connectivity index (χ4n) is 9.11. The van der Waals surface area contributed by atoms with Gasteiger partial charge < -0.3 is 4.90 Å². The molecule has 1 nitrogen and oxygen atoms in total. The first kappa shape index (κ1) is 37.7. The van der Waals surface area contributed by atoms with Crippen molar-refractivity contribution in [3.05, 3.63) is 261 Å². The van der Waals surface area contributed by atoms with E-state index in [1.807, 2.05) is 0 Å². The molecule has 0 aliphatic carbocycles. The monoisotopic (exact) mass is 801 g/mol. The summed E-state index contributed by atoms with van der Waals surface area (Å²) in [5.74, 6) is 0. The molecule has 0 amide bonds. The standard InChI is InChI=1S/C62H43N/c1-3-15-44(16-4-1)50-23-11-24-51(41-50)45-31-36-55(37-32-45)63(56-38-33-46(34-39-56)52-25-12-26-53(42-52)59-29-13-21-47-19-7-9-27-57(47)59)62-43-54(35-40-61(62)49-17-5-2-6-18-49)60-30-14-22-48-20-8-10-28-58(48)60/h1-43H. The van der Waals surface area contributed by atoms with Crippen LogP contribution in [-0.4, -0.2) is 0 Å². The van der Waals surface area contributed by atoms with Gasteiger partial charge in [-0.05, 0) is 125 Å². The van der Waals surface area contributed by atoms with Gasteiger partial charge in [0.05, 0.1) is 5.69 Å². The number of anilines is 3. The van der Waals surface area contributed by atoms with E-state index in [0.717, 1.165) is 28.2 Å². The average Bonchev–Trinajstić information content (AvgIpc) is 3.37. The predicted molar refractivity (Wildman–Crippen MR) is 269 cm³/mol. The van der Waals surface area contributed by atoms with Crippen LogP contribution in [0, 0.1) is 0 Å². The molecular formula is C62H43N. The molecule has 0 radical (unpaired) electrons. The van der Waals surface area contributed by atoms with Crippen LogP contribution in [0.5, 0.6) is 0 Å². The van der Waals surface area contributed by atoms with E-state index < -0.39 is 0 Å². The summed E-state index contributed by atoms with van der Waals surface area (Å²) >= 11 is 0. The maximum absolute atomic E-state index is 2.43. The second kappa shape index (κ2) is 16.7. The van der Waals surface area contributed by atoms with Crippen molar-refractivity contribution in [1.82, 2.24) is 0 Å². The lowest BCUT2D eigenvalue weighted by atomic mass is 9.93. The fourth-order valence-corrected chi connectivity index (χ4v) is 9.11. The van der Waals surface area contributed by atoms with Gasteiger partial charge in [-0.15, -0.1) is 0 Å². The first-order chi connectivity index (χ1) is 31.2. The van der Waals surface area contributed by atoms with Gasteiger partial charge in [-0.3, -0.25) is 0 Å². The Morgan fingerprint density at radius 2 is 0.571 bits per heavy atom. The minimum atomic E-state index is 1.08. The van der Waals surface area contributed by atoms with Crippen LogP contribution >= 0.6 is 0 Å². The van der Waals surface area contributed by atoms with Gasteiger partial charge in [0.2, 0.25) is 0 Å². The number of fused-ring (bicyclic) bond motifs is 2. The zero-order valence-electron chi connectivity index (χ0n) is 34.8. The molecule has 11 aromatic carbocycles. The van der Waals surface area contributed by atoms with Gasteiger partial charge in [0.15, 0.2) is 0 Å². The molecule has 0 aromatic heterocycles. The summed E-state index contributed by atoms with van der Waals surface area (Å²) in [6, 6.07) is 94.7. The Morgan fingerprint density at radius 3 is 1.11 bits per heavy atom. The first-order valence-electron chi connectivity index (χ1n) is 21.7. The molecule has 0 heterocycles. The van der Waals surface area contributed by atoms with E-state index in [-0.39, 0.29) is 0 Å². The Morgan fingerprint density at radius 1 is 0.206 bits per heavy atom. The van der Waals surface area contributed by atoms with Gasteiger partial charge in [-0.2, -0.15) is 0 Å². The number of hydrogen-bond donors (Lipinski definition) is 0. The summed E-state index contributed by atoms with van der Waals surface area (Å²) in [6.45, 7) is 0. The Balaban J connectivity index is 1.05. The van der Waals surface area contributed by atoms with Crippen LogP contribution in [0.3, 0.4) is 0 Å². The van der Waals surface area contributed by atoms with Gasteiger partial charge in [-0.25, -0.2) is 0 Å². The molecule has 296 valence electrons. The molecule has 0 fully saturated rings. The van der Waals surface area contributed by atoms with Crippen LogP contribution in [-0.2, 0) is 0 Å². The third kappa shape index (κ3) is 7.47. The van der Waals surface area contributed by atoms with Crippen molar-refractivity contribution in [2.45, 2.75) is 0 Å².